The predicted octanol–water partition coefficient (Wildman–Crippen LogP) is 6.02. The molecule has 1 nitrogen and oxygen atoms in total. The fraction of sp³-hybridized carbons (Fsp3) is 1.00. The van der Waals surface area contributed by atoms with Crippen LogP contribution >= 0.6 is 0 Å². The van der Waals surface area contributed by atoms with Gasteiger partial charge >= 0.3 is 0 Å². The standard InChI is InChI=1S/C23H41N/c1-4-16-15-18-20-9-8-17(11-14-24)22(20,2)13-10-21(18)23(3)12-6-5-7-19(16)23/h16-21H,4-15,24H2,1-3H3/t16-,17+,18?,19?,20?,21-,22?,23?/m0/s1. The number of rotatable bonds is 3. The number of fused-ring (bicyclic) bond motifs is 5. The second-order valence-corrected chi connectivity index (χ2v) is 10.5. The molecule has 138 valence electrons. The summed E-state index contributed by atoms with van der Waals surface area (Å²) in [6.07, 6.45) is 16.4. The van der Waals surface area contributed by atoms with Crippen molar-refractivity contribution in [1.29, 1.82) is 0 Å². The first kappa shape index (κ1) is 17.4. The predicted molar refractivity (Wildman–Crippen MR) is 103 cm³/mol. The fourth-order valence-electron chi connectivity index (χ4n) is 8.80. The summed E-state index contributed by atoms with van der Waals surface area (Å²) in [6, 6.07) is 0. The molecule has 0 saturated heterocycles. The lowest BCUT2D eigenvalue weighted by atomic mass is 9.42. The molecule has 0 heterocycles. The maximum absolute atomic E-state index is 5.97. The van der Waals surface area contributed by atoms with Gasteiger partial charge in [-0.15, -0.1) is 0 Å². The Labute approximate surface area is 150 Å². The molecule has 0 spiro atoms. The minimum atomic E-state index is 0.622. The number of hydrogen-bond donors (Lipinski definition) is 1. The molecule has 24 heavy (non-hydrogen) atoms. The highest BCUT2D eigenvalue weighted by molar-refractivity contribution is 5.10. The van der Waals surface area contributed by atoms with E-state index in [0.717, 1.165) is 42.1 Å². The van der Waals surface area contributed by atoms with Gasteiger partial charge in [-0.25, -0.2) is 0 Å². The molecule has 8 atom stereocenters. The molecule has 4 saturated carbocycles. The van der Waals surface area contributed by atoms with Crippen molar-refractivity contribution in [2.75, 3.05) is 6.54 Å². The van der Waals surface area contributed by atoms with E-state index in [1.165, 1.54) is 64.2 Å². The number of hydrogen-bond acceptors (Lipinski definition) is 1. The summed E-state index contributed by atoms with van der Waals surface area (Å²) in [5, 5.41) is 0. The zero-order valence-corrected chi connectivity index (χ0v) is 16.5. The van der Waals surface area contributed by atoms with E-state index in [-0.39, 0.29) is 0 Å². The molecule has 0 aliphatic heterocycles. The SMILES string of the molecule is CC[C@H]1CC2C3CC[C@H](CCN)C3(C)CC[C@@H]2C2(C)CCCCC12. The largest absolute Gasteiger partial charge is 0.330 e. The Bertz CT molecular complexity index is 459. The highest BCUT2D eigenvalue weighted by Gasteiger charge is 2.60. The van der Waals surface area contributed by atoms with E-state index in [2.05, 4.69) is 20.8 Å². The molecule has 0 aromatic carbocycles. The lowest BCUT2D eigenvalue weighted by Crippen LogP contribution is -2.55. The third-order valence-corrected chi connectivity index (χ3v) is 9.99. The molecular weight excluding hydrogens is 290 g/mol. The summed E-state index contributed by atoms with van der Waals surface area (Å²) in [6.45, 7) is 8.77. The summed E-state index contributed by atoms with van der Waals surface area (Å²) in [5.41, 5.74) is 7.27. The van der Waals surface area contributed by atoms with Gasteiger partial charge in [0.15, 0.2) is 0 Å². The lowest BCUT2D eigenvalue weighted by Gasteiger charge is -2.62. The zero-order chi connectivity index (χ0) is 16.9. The van der Waals surface area contributed by atoms with Gasteiger partial charge in [-0.3, -0.25) is 0 Å². The van der Waals surface area contributed by atoms with Crippen LogP contribution in [0.25, 0.3) is 0 Å². The molecule has 0 aromatic heterocycles. The highest BCUT2D eigenvalue weighted by atomic mass is 14.7. The topological polar surface area (TPSA) is 26.0 Å². The van der Waals surface area contributed by atoms with Crippen molar-refractivity contribution in [3.63, 3.8) is 0 Å². The van der Waals surface area contributed by atoms with Crippen molar-refractivity contribution < 1.29 is 0 Å². The minimum Gasteiger partial charge on any atom is -0.330 e. The average Bonchev–Trinajstić information content (AvgIpc) is 2.91. The van der Waals surface area contributed by atoms with Crippen LogP contribution in [-0.4, -0.2) is 6.54 Å². The minimum absolute atomic E-state index is 0.622. The highest BCUT2D eigenvalue weighted by Crippen LogP contribution is 2.68. The average molecular weight is 332 g/mol. The van der Waals surface area contributed by atoms with Gasteiger partial charge < -0.3 is 5.73 Å². The van der Waals surface area contributed by atoms with E-state index in [0.29, 0.717) is 10.8 Å². The van der Waals surface area contributed by atoms with Crippen LogP contribution in [-0.2, 0) is 0 Å². The van der Waals surface area contributed by atoms with Crippen molar-refractivity contribution in [3.05, 3.63) is 0 Å². The summed E-state index contributed by atoms with van der Waals surface area (Å²) >= 11 is 0. The first-order valence-corrected chi connectivity index (χ1v) is 11.2. The second kappa shape index (κ2) is 6.29. The smallest absolute Gasteiger partial charge is 0.00744 e. The molecule has 2 N–H and O–H groups in total. The molecule has 5 unspecified atom stereocenters. The quantitative estimate of drug-likeness (QED) is 0.672. The van der Waals surface area contributed by atoms with E-state index in [1.54, 1.807) is 6.42 Å². The Morgan fingerprint density at radius 2 is 1.67 bits per heavy atom. The summed E-state index contributed by atoms with van der Waals surface area (Å²) in [5.74, 6) is 6.08. The summed E-state index contributed by atoms with van der Waals surface area (Å²) < 4.78 is 0. The lowest BCUT2D eigenvalue weighted by molar-refractivity contribution is -0.135. The third kappa shape index (κ3) is 2.36. The van der Waals surface area contributed by atoms with E-state index in [4.69, 9.17) is 5.73 Å². The van der Waals surface area contributed by atoms with Crippen LogP contribution in [0.3, 0.4) is 0 Å². The molecule has 0 aromatic rings. The van der Waals surface area contributed by atoms with Gasteiger partial charge in [0, 0.05) is 0 Å². The van der Waals surface area contributed by atoms with Gasteiger partial charge in [0.05, 0.1) is 0 Å². The molecule has 4 aliphatic carbocycles. The molecule has 0 amide bonds. The van der Waals surface area contributed by atoms with Gasteiger partial charge in [-0.2, -0.15) is 0 Å². The molecule has 4 aliphatic rings. The zero-order valence-electron chi connectivity index (χ0n) is 16.5. The van der Waals surface area contributed by atoms with Gasteiger partial charge in [0.2, 0.25) is 0 Å². The molecule has 0 bridgehead atoms. The van der Waals surface area contributed by atoms with Crippen LogP contribution in [0.1, 0.15) is 91.4 Å². The maximum atomic E-state index is 5.97. The van der Waals surface area contributed by atoms with Gasteiger partial charge in [-0.05, 0) is 104 Å². The second-order valence-electron chi connectivity index (χ2n) is 10.5. The maximum Gasteiger partial charge on any atom is -0.00744 e. The fourth-order valence-corrected chi connectivity index (χ4v) is 8.80. The number of nitrogens with two attached hydrogens (primary N) is 1. The first-order chi connectivity index (χ1) is 11.5. The molecule has 1 heteroatoms. The Balaban J connectivity index is 1.64. The Morgan fingerprint density at radius 1 is 0.875 bits per heavy atom. The van der Waals surface area contributed by atoms with Gasteiger partial charge in [0.1, 0.15) is 0 Å². The van der Waals surface area contributed by atoms with Crippen molar-refractivity contribution >= 4 is 0 Å². The van der Waals surface area contributed by atoms with Gasteiger partial charge in [0.25, 0.3) is 0 Å². The van der Waals surface area contributed by atoms with Crippen molar-refractivity contribution in [2.24, 2.45) is 52.1 Å². The van der Waals surface area contributed by atoms with E-state index in [9.17, 15) is 0 Å². The molecule has 4 fully saturated rings. The van der Waals surface area contributed by atoms with Crippen molar-refractivity contribution in [1.82, 2.24) is 0 Å². The third-order valence-electron chi connectivity index (χ3n) is 9.99. The Hall–Kier alpha value is -0.0400. The Morgan fingerprint density at radius 3 is 2.42 bits per heavy atom. The van der Waals surface area contributed by atoms with Crippen LogP contribution in [0.2, 0.25) is 0 Å². The van der Waals surface area contributed by atoms with Crippen molar-refractivity contribution in [3.8, 4) is 0 Å². The summed E-state index contributed by atoms with van der Waals surface area (Å²) in [4.78, 5) is 0. The van der Waals surface area contributed by atoms with Crippen LogP contribution in [0.15, 0.2) is 0 Å². The van der Waals surface area contributed by atoms with Crippen LogP contribution in [0, 0.1) is 46.3 Å². The van der Waals surface area contributed by atoms with Crippen LogP contribution in [0.4, 0.5) is 0 Å². The van der Waals surface area contributed by atoms with Crippen LogP contribution in [0.5, 0.6) is 0 Å². The molecule has 4 rings (SSSR count). The summed E-state index contributed by atoms with van der Waals surface area (Å²) in [7, 11) is 0. The van der Waals surface area contributed by atoms with Crippen LogP contribution < -0.4 is 5.73 Å². The van der Waals surface area contributed by atoms with Gasteiger partial charge in [-0.1, -0.05) is 40.0 Å². The van der Waals surface area contributed by atoms with E-state index in [1.807, 2.05) is 0 Å². The first-order valence-electron chi connectivity index (χ1n) is 11.2. The molecular formula is C23H41N. The van der Waals surface area contributed by atoms with Crippen molar-refractivity contribution in [2.45, 2.75) is 91.4 Å². The van der Waals surface area contributed by atoms with E-state index < -0.39 is 0 Å². The van der Waals surface area contributed by atoms with E-state index >= 15 is 0 Å². The normalized spacial score (nSPS) is 54.0. The Kier molecular flexibility index (Phi) is 4.55. The molecule has 0 radical (unpaired) electrons. The monoisotopic (exact) mass is 331 g/mol.